The standard InChI is InChI=1S/C28H57BrO2/c1-22(11-9-13-29)15-24(3)17-26(5)19-28(7)20-27(6)18-25(4)16-23(2)12-10-14-31-21-30-8/h22-28H,9-21H2,1-8H3. The molecule has 0 aliphatic heterocycles. The zero-order chi connectivity index (χ0) is 23.6. The molecule has 0 bridgehead atoms. The van der Waals surface area contributed by atoms with Crippen molar-refractivity contribution in [3.63, 3.8) is 0 Å². The SMILES string of the molecule is COCOCCCC(C)CC(C)CC(C)CC(C)CC(C)CC(C)CC(C)CCCBr. The van der Waals surface area contributed by atoms with Crippen molar-refractivity contribution >= 4 is 15.9 Å². The summed E-state index contributed by atoms with van der Waals surface area (Å²) in [5.41, 5.74) is 0. The molecule has 0 aromatic rings. The van der Waals surface area contributed by atoms with Crippen LogP contribution in [0.15, 0.2) is 0 Å². The van der Waals surface area contributed by atoms with E-state index in [0.29, 0.717) is 6.79 Å². The summed E-state index contributed by atoms with van der Waals surface area (Å²) >= 11 is 3.57. The summed E-state index contributed by atoms with van der Waals surface area (Å²) in [6, 6.07) is 0. The van der Waals surface area contributed by atoms with Crippen molar-refractivity contribution in [1.29, 1.82) is 0 Å². The summed E-state index contributed by atoms with van der Waals surface area (Å²) < 4.78 is 10.3. The Hall–Kier alpha value is 0.400. The Balaban J connectivity index is 4.01. The van der Waals surface area contributed by atoms with Gasteiger partial charge < -0.3 is 9.47 Å². The molecule has 0 saturated heterocycles. The highest BCUT2D eigenvalue weighted by Gasteiger charge is 2.18. The lowest BCUT2D eigenvalue weighted by Gasteiger charge is -2.26. The second kappa shape index (κ2) is 19.8. The molecular weight excluding hydrogens is 448 g/mol. The van der Waals surface area contributed by atoms with Crippen LogP contribution < -0.4 is 0 Å². The van der Waals surface area contributed by atoms with Gasteiger partial charge in [-0.25, -0.2) is 0 Å². The van der Waals surface area contributed by atoms with Crippen molar-refractivity contribution < 1.29 is 9.47 Å². The Morgan fingerprint density at radius 3 is 1.26 bits per heavy atom. The zero-order valence-electron chi connectivity index (χ0n) is 22.4. The van der Waals surface area contributed by atoms with E-state index in [1.807, 2.05) is 0 Å². The molecule has 3 heteroatoms. The highest BCUT2D eigenvalue weighted by Crippen LogP contribution is 2.30. The predicted octanol–water partition coefficient (Wildman–Crippen LogP) is 9.36. The van der Waals surface area contributed by atoms with Crippen molar-refractivity contribution in [2.75, 3.05) is 25.8 Å². The van der Waals surface area contributed by atoms with Gasteiger partial charge >= 0.3 is 0 Å². The first-order valence-electron chi connectivity index (χ1n) is 13.3. The average Bonchev–Trinajstić information content (AvgIpc) is 2.65. The lowest BCUT2D eigenvalue weighted by molar-refractivity contribution is -0.0323. The molecule has 0 N–H and O–H groups in total. The van der Waals surface area contributed by atoms with Gasteiger partial charge in [0.2, 0.25) is 0 Å². The molecule has 7 atom stereocenters. The fraction of sp³-hybridized carbons (Fsp3) is 1.00. The quantitative estimate of drug-likeness (QED) is 0.0879. The first-order chi connectivity index (χ1) is 14.7. The molecule has 0 aliphatic rings. The minimum absolute atomic E-state index is 0.425. The predicted molar refractivity (Wildman–Crippen MR) is 142 cm³/mol. The maximum Gasteiger partial charge on any atom is 0.146 e. The van der Waals surface area contributed by atoms with Gasteiger partial charge in [-0.2, -0.15) is 0 Å². The van der Waals surface area contributed by atoms with Gasteiger partial charge in [-0.1, -0.05) is 64.4 Å². The van der Waals surface area contributed by atoms with Crippen LogP contribution in [0.25, 0.3) is 0 Å². The average molecular weight is 506 g/mol. The van der Waals surface area contributed by atoms with Crippen LogP contribution in [-0.2, 0) is 9.47 Å². The van der Waals surface area contributed by atoms with Crippen molar-refractivity contribution in [1.82, 2.24) is 0 Å². The fourth-order valence-electron chi connectivity index (χ4n) is 5.94. The van der Waals surface area contributed by atoms with Gasteiger partial charge in [-0.15, -0.1) is 0 Å². The van der Waals surface area contributed by atoms with Gasteiger partial charge in [-0.05, 0) is 106 Å². The summed E-state index contributed by atoms with van der Waals surface area (Å²) in [6.45, 7) is 18.5. The highest BCUT2D eigenvalue weighted by molar-refractivity contribution is 9.09. The molecule has 31 heavy (non-hydrogen) atoms. The van der Waals surface area contributed by atoms with Gasteiger partial charge in [0.1, 0.15) is 6.79 Å². The van der Waals surface area contributed by atoms with Crippen LogP contribution in [0, 0.1) is 41.4 Å². The number of halogens is 1. The van der Waals surface area contributed by atoms with Gasteiger partial charge in [0, 0.05) is 19.0 Å². The highest BCUT2D eigenvalue weighted by atomic mass is 79.9. The van der Waals surface area contributed by atoms with Gasteiger partial charge in [0.25, 0.3) is 0 Å². The molecule has 0 amide bonds. The second-order valence-electron chi connectivity index (χ2n) is 11.4. The smallest absolute Gasteiger partial charge is 0.146 e. The van der Waals surface area contributed by atoms with E-state index in [1.54, 1.807) is 7.11 Å². The van der Waals surface area contributed by atoms with E-state index < -0.39 is 0 Å². The van der Waals surface area contributed by atoms with Crippen molar-refractivity contribution in [2.45, 2.75) is 113 Å². The summed E-state index contributed by atoms with van der Waals surface area (Å²) in [5.74, 6) is 5.92. The molecule has 2 nitrogen and oxygen atoms in total. The van der Waals surface area contributed by atoms with Crippen LogP contribution in [-0.4, -0.2) is 25.8 Å². The molecule has 0 fully saturated rings. The first kappa shape index (κ1) is 31.4. The van der Waals surface area contributed by atoms with Gasteiger partial charge in [0.05, 0.1) is 0 Å². The lowest BCUT2D eigenvalue weighted by Crippen LogP contribution is -2.14. The van der Waals surface area contributed by atoms with E-state index in [9.17, 15) is 0 Å². The van der Waals surface area contributed by atoms with E-state index in [4.69, 9.17) is 9.47 Å². The number of alkyl halides is 1. The van der Waals surface area contributed by atoms with E-state index in [-0.39, 0.29) is 0 Å². The van der Waals surface area contributed by atoms with Gasteiger partial charge in [-0.3, -0.25) is 0 Å². The summed E-state index contributed by atoms with van der Waals surface area (Å²) in [7, 11) is 1.68. The molecule has 0 spiro atoms. The number of rotatable bonds is 21. The number of ether oxygens (including phenoxy) is 2. The molecule has 0 aliphatic carbocycles. The maximum atomic E-state index is 5.41. The molecule has 0 aromatic carbocycles. The van der Waals surface area contributed by atoms with Crippen LogP contribution in [0.5, 0.6) is 0 Å². The third kappa shape index (κ3) is 19.6. The van der Waals surface area contributed by atoms with E-state index in [0.717, 1.165) is 59.8 Å². The van der Waals surface area contributed by atoms with Crippen LogP contribution in [0.4, 0.5) is 0 Å². The molecule has 0 heterocycles. The molecular formula is C28H57BrO2. The molecule has 188 valence electrons. The Morgan fingerprint density at radius 1 is 0.548 bits per heavy atom. The minimum Gasteiger partial charge on any atom is -0.359 e. The van der Waals surface area contributed by atoms with Crippen LogP contribution in [0.3, 0.4) is 0 Å². The maximum absolute atomic E-state index is 5.41. The molecule has 0 saturated carbocycles. The second-order valence-corrected chi connectivity index (χ2v) is 12.2. The third-order valence-corrected chi connectivity index (χ3v) is 7.41. The Bertz CT molecular complexity index is 389. The van der Waals surface area contributed by atoms with Crippen LogP contribution >= 0.6 is 15.9 Å². The number of methoxy groups -OCH3 is 1. The topological polar surface area (TPSA) is 18.5 Å². The van der Waals surface area contributed by atoms with Crippen molar-refractivity contribution in [2.24, 2.45) is 41.4 Å². The fourth-order valence-corrected chi connectivity index (χ4v) is 6.26. The summed E-state index contributed by atoms with van der Waals surface area (Å²) in [5, 5.41) is 1.15. The summed E-state index contributed by atoms with van der Waals surface area (Å²) in [4.78, 5) is 0. The Labute approximate surface area is 205 Å². The number of hydrogen-bond donors (Lipinski definition) is 0. The van der Waals surface area contributed by atoms with Crippen LogP contribution in [0.1, 0.15) is 113 Å². The zero-order valence-corrected chi connectivity index (χ0v) is 24.0. The Morgan fingerprint density at radius 2 is 0.903 bits per heavy atom. The van der Waals surface area contributed by atoms with Crippen molar-refractivity contribution in [3.05, 3.63) is 0 Å². The third-order valence-electron chi connectivity index (χ3n) is 6.85. The van der Waals surface area contributed by atoms with E-state index in [2.05, 4.69) is 64.4 Å². The number of hydrogen-bond acceptors (Lipinski definition) is 2. The Kier molecular flexibility index (Phi) is 20.1. The monoisotopic (exact) mass is 504 g/mol. The van der Waals surface area contributed by atoms with Crippen LogP contribution in [0.2, 0.25) is 0 Å². The molecule has 0 aromatic heterocycles. The largest absolute Gasteiger partial charge is 0.359 e. The van der Waals surface area contributed by atoms with E-state index in [1.165, 1.54) is 57.8 Å². The van der Waals surface area contributed by atoms with E-state index >= 15 is 0 Å². The summed E-state index contributed by atoms with van der Waals surface area (Å²) in [6.07, 6.45) is 13.4. The lowest BCUT2D eigenvalue weighted by atomic mass is 9.80. The molecule has 0 radical (unpaired) electrons. The minimum atomic E-state index is 0.425. The first-order valence-corrected chi connectivity index (χ1v) is 14.4. The van der Waals surface area contributed by atoms with Gasteiger partial charge in [0.15, 0.2) is 0 Å². The molecule has 0 rings (SSSR count). The normalized spacial score (nSPS) is 18.9. The van der Waals surface area contributed by atoms with Crippen molar-refractivity contribution in [3.8, 4) is 0 Å². The molecule has 7 unspecified atom stereocenters.